The molecule has 5 nitrogen and oxygen atoms in total. The molecule has 0 aromatic heterocycles. The van der Waals surface area contributed by atoms with E-state index in [1.165, 1.54) is 14.2 Å². The lowest BCUT2D eigenvalue weighted by atomic mass is 9.66. The zero-order chi connectivity index (χ0) is 17.6. The van der Waals surface area contributed by atoms with Gasteiger partial charge in [-0.1, -0.05) is 30.4 Å². The number of hydrogen-bond acceptors (Lipinski definition) is 5. The molecule has 24 heavy (non-hydrogen) atoms. The first kappa shape index (κ1) is 17.7. The van der Waals surface area contributed by atoms with Crippen molar-refractivity contribution < 1.29 is 14.2 Å². The van der Waals surface area contributed by atoms with Crippen LogP contribution in [0, 0.1) is 34.0 Å². The molecule has 5 heteroatoms. The van der Waals surface area contributed by atoms with Crippen molar-refractivity contribution in [2.24, 2.45) is 11.3 Å². The van der Waals surface area contributed by atoms with Gasteiger partial charge in [0.05, 0.1) is 19.2 Å². The quantitative estimate of drug-likeness (QED) is 0.613. The van der Waals surface area contributed by atoms with Crippen molar-refractivity contribution in [3.8, 4) is 17.9 Å². The van der Waals surface area contributed by atoms with Crippen LogP contribution in [0.15, 0.2) is 42.5 Å². The van der Waals surface area contributed by atoms with Gasteiger partial charge in [0.25, 0.3) is 0 Å². The molecule has 0 spiro atoms. The normalized spacial score (nSPS) is 21.1. The summed E-state index contributed by atoms with van der Waals surface area (Å²) in [5.74, 6) is -0.975. The molecule has 0 unspecified atom stereocenters. The van der Waals surface area contributed by atoms with Crippen molar-refractivity contribution in [3.63, 3.8) is 0 Å². The van der Waals surface area contributed by atoms with Gasteiger partial charge in [0.15, 0.2) is 0 Å². The molecule has 0 saturated carbocycles. The second kappa shape index (κ2) is 7.31. The van der Waals surface area contributed by atoms with Crippen molar-refractivity contribution >= 4 is 6.08 Å². The van der Waals surface area contributed by atoms with Crippen LogP contribution in [0.4, 0.5) is 0 Å². The molecule has 0 saturated heterocycles. The van der Waals surface area contributed by atoms with E-state index >= 15 is 0 Å². The van der Waals surface area contributed by atoms with Crippen LogP contribution in [0.1, 0.15) is 12.0 Å². The number of rotatable bonds is 5. The van der Waals surface area contributed by atoms with E-state index < -0.39 is 11.2 Å². The minimum Gasteiger partial charge on any atom is -0.497 e. The molecule has 1 aliphatic rings. The van der Waals surface area contributed by atoms with E-state index in [0.717, 1.165) is 11.3 Å². The zero-order valence-electron chi connectivity index (χ0n) is 14.0. The maximum absolute atomic E-state index is 9.76. The Labute approximate surface area is 142 Å². The fraction of sp³-hybridized carbons (Fsp3) is 0.368. The van der Waals surface area contributed by atoms with E-state index in [4.69, 9.17) is 14.2 Å². The van der Waals surface area contributed by atoms with E-state index in [1.807, 2.05) is 42.5 Å². The van der Waals surface area contributed by atoms with Crippen molar-refractivity contribution in [2.45, 2.75) is 12.2 Å². The fourth-order valence-corrected chi connectivity index (χ4v) is 2.99. The first-order chi connectivity index (χ1) is 11.6. The molecule has 2 rings (SSSR count). The summed E-state index contributed by atoms with van der Waals surface area (Å²) in [6.07, 6.45) is 7.84. The molecule has 1 aromatic rings. The summed E-state index contributed by atoms with van der Waals surface area (Å²) in [5, 5.41) is 19.5. The second-order valence-corrected chi connectivity index (χ2v) is 5.48. The molecule has 0 aliphatic heterocycles. The predicted octanol–water partition coefficient (Wildman–Crippen LogP) is 3.31. The smallest absolute Gasteiger partial charge is 0.220 e. The maximum atomic E-state index is 9.76. The van der Waals surface area contributed by atoms with Gasteiger partial charge in [-0.15, -0.1) is 0 Å². The van der Waals surface area contributed by atoms with Crippen molar-refractivity contribution in [2.75, 3.05) is 21.3 Å². The third-order valence-electron chi connectivity index (χ3n) is 4.43. The number of nitrogens with zero attached hydrogens (tertiary/aromatic N) is 2. The van der Waals surface area contributed by atoms with E-state index in [0.29, 0.717) is 6.42 Å². The topological polar surface area (TPSA) is 75.3 Å². The van der Waals surface area contributed by atoms with Gasteiger partial charge in [-0.25, -0.2) is 0 Å². The molecule has 1 aromatic carbocycles. The monoisotopic (exact) mass is 324 g/mol. The first-order valence-corrected chi connectivity index (χ1v) is 7.54. The van der Waals surface area contributed by atoms with Gasteiger partial charge in [0.2, 0.25) is 11.2 Å². The molecule has 0 heterocycles. The first-order valence-electron chi connectivity index (χ1n) is 7.54. The van der Waals surface area contributed by atoms with Gasteiger partial charge in [-0.05, 0) is 30.2 Å². The summed E-state index contributed by atoms with van der Waals surface area (Å²) in [7, 11) is 4.49. The van der Waals surface area contributed by atoms with Gasteiger partial charge < -0.3 is 14.2 Å². The zero-order valence-corrected chi connectivity index (χ0v) is 14.0. The Kier molecular flexibility index (Phi) is 5.41. The molecule has 0 fully saturated rings. The number of nitriles is 2. The molecular weight excluding hydrogens is 304 g/mol. The van der Waals surface area contributed by atoms with E-state index in [2.05, 4.69) is 12.1 Å². The molecule has 0 N–H and O–H groups in total. The highest BCUT2D eigenvalue weighted by molar-refractivity contribution is 5.52. The highest BCUT2D eigenvalue weighted by Gasteiger charge is 2.58. The van der Waals surface area contributed by atoms with Crippen molar-refractivity contribution in [1.29, 1.82) is 10.5 Å². The van der Waals surface area contributed by atoms with Crippen LogP contribution in [-0.2, 0) is 9.47 Å². The Hall–Kier alpha value is -2.60. The summed E-state index contributed by atoms with van der Waals surface area (Å²) < 4.78 is 16.0. The van der Waals surface area contributed by atoms with Crippen LogP contribution in [0.5, 0.6) is 5.75 Å². The van der Waals surface area contributed by atoms with Crippen molar-refractivity contribution in [3.05, 3.63) is 48.1 Å². The molecular formula is C19H20N2O3. The minimum atomic E-state index is -1.46. The van der Waals surface area contributed by atoms with Crippen LogP contribution in [0.25, 0.3) is 6.08 Å². The average molecular weight is 324 g/mol. The van der Waals surface area contributed by atoms with Gasteiger partial charge in [-0.3, -0.25) is 0 Å². The fourth-order valence-electron chi connectivity index (χ4n) is 2.99. The summed E-state index contributed by atoms with van der Waals surface area (Å²) in [6, 6.07) is 11.8. The number of benzene rings is 1. The highest BCUT2D eigenvalue weighted by atomic mass is 16.7. The largest absolute Gasteiger partial charge is 0.497 e. The summed E-state index contributed by atoms with van der Waals surface area (Å²) in [6.45, 7) is 0. The summed E-state index contributed by atoms with van der Waals surface area (Å²) >= 11 is 0. The van der Waals surface area contributed by atoms with Crippen molar-refractivity contribution in [1.82, 2.24) is 0 Å². The Morgan fingerprint density at radius 1 is 1.08 bits per heavy atom. The third-order valence-corrected chi connectivity index (χ3v) is 4.43. The Balaban J connectivity index is 2.38. The maximum Gasteiger partial charge on any atom is 0.220 e. The van der Waals surface area contributed by atoms with Gasteiger partial charge in [0.1, 0.15) is 5.75 Å². The summed E-state index contributed by atoms with van der Waals surface area (Å²) in [4.78, 5) is 0. The molecule has 0 bridgehead atoms. The summed E-state index contributed by atoms with van der Waals surface area (Å²) in [5.41, 5.74) is -0.510. The number of hydrogen-bond donors (Lipinski definition) is 0. The molecule has 0 amide bonds. The minimum absolute atomic E-state index is 0.362. The van der Waals surface area contributed by atoms with Gasteiger partial charge in [0, 0.05) is 20.1 Å². The van der Waals surface area contributed by atoms with E-state index in [1.54, 1.807) is 13.2 Å². The molecule has 1 aliphatic carbocycles. The molecule has 0 radical (unpaired) electrons. The van der Waals surface area contributed by atoms with Crippen LogP contribution in [0.3, 0.4) is 0 Å². The number of methoxy groups -OCH3 is 3. The third kappa shape index (κ3) is 2.80. The second-order valence-electron chi connectivity index (χ2n) is 5.48. The lowest BCUT2D eigenvalue weighted by molar-refractivity contribution is -0.223. The highest BCUT2D eigenvalue weighted by Crippen LogP contribution is 2.47. The number of ether oxygens (including phenoxy) is 3. The lowest BCUT2D eigenvalue weighted by Gasteiger charge is -2.43. The lowest BCUT2D eigenvalue weighted by Crippen LogP contribution is -2.53. The van der Waals surface area contributed by atoms with Gasteiger partial charge in [-0.2, -0.15) is 10.5 Å². The predicted molar refractivity (Wildman–Crippen MR) is 89.7 cm³/mol. The standard InChI is InChI=1S/C19H20N2O3/c1-22-17-10-7-15(8-11-17)6-9-16-5-4-12-19(23-2,24-3)18(16,13-20)14-21/h4,6-12,16H,5H2,1-3H3/b9-6+/t16-/m0/s1. The Morgan fingerprint density at radius 3 is 2.21 bits per heavy atom. The molecule has 124 valence electrons. The number of allylic oxidation sites excluding steroid dienone is 2. The SMILES string of the molecule is COc1ccc(/C=C/[C@@H]2CC=CC(OC)(OC)C2(C#N)C#N)cc1. The Morgan fingerprint density at radius 2 is 1.71 bits per heavy atom. The van der Waals surface area contributed by atoms with E-state index in [9.17, 15) is 10.5 Å². The van der Waals surface area contributed by atoms with Crippen LogP contribution in [0.2, 0.25) is 0 Å². The average Bonchev–Trinajstić information content (AvgIpc) is 2.66. The molecule has 1 atom stereocenters. The van der Waals surface area contributed by atoms with Gasteiger partial charge >= 0.3 is 0 Å². The van der Waals surface area contributed by atoms with Crippen LogP contribution < -0.4 is 4.74 Å². The van der Waals surface area contributed by atoms with E-state index in [-0.39, 0.29) is 5.92 Å². The van der Waals surface area contributed by atoms with Crippen LogP contribution in [-0.4, -0.2) is 27.1 Å². The van der Waals surface area contributed by atoms with Crippen LogP contribution >= 0.6 is 0 Å². The Bertz CT molecular complexity index is 690.